The molecule has 2 saturated heterocycles. The Kier molecular flexibility index (Phi) is 12.4. The quantitative estimate of drug-likeness (QED) is 0.0858. The Morgan fingerprint density at radius 1 is 1.02 bits per heavy atom. The molecule has 16 heteroatoms. The maximum absolute atomic E-state index is 13.9. The molecule has 0 spiro atoms. The molecule has 320 valence electrons. The Morgan fingerprint density at radius 3 is 2.54 bits per heavy atom. The predicted octanol–water partition coefficient (Wildman–Crippen LogP) is 8.63. The number of anilines is 1. The molecule has 1 aliphatic carbocycles. The molecule has 2 aromatic heterocycles. The number of amides is 1. The van der Waals surface area contributed by atoms with Crippen LogP contribution < -0.4 is 19.1 Å². The van der Waals surface area contributed by atoms with Crippen molar-refractivity contribution < 1.29 is 32.3 Å². The van der Waals surface area contributed by atoms with Gasteiger partial charge in [-0.2, -0.15) is 0 Å². The third-order valence-corrected chi connectivity index (χ3v) is 13.4. The molecule has 0 bridgehead atoms. The van der Waals surface area contributed by atoms with E-state index < -0.39 is 31.4 Å². The van der Waals surface area contributed by atoms with Crippen molar-refractivity contribution in [2.24, 2.45) is 11.3 Å². The van der Waals surface area contributed by atoms with Gasteiger partial charge in [-0.25, -0.2) is 18.1 Å². The number of allylic oxidation sites excluding steroid dienone is 1. The molecule has 14 nitrogen and oxygen atoms in total. The summed E-state index contributed by atoms with van der Waals surface area (Å²) >= 11 is 6.24. The average molecular weight is 869 g/mol. The lowest BCUT2D eigenvalue weighted by molar-refractivity contribution is -0.386. The van der Waals surface area contributed by atoms with Gasteiger partial charge < -0.3 is 24.1 Å². The van der Waals surface area contributed by atoms with Crippen LogP contribution in [0.5, 0.6) is 17.2 Å². The number of aromatic amines is 1. The van der Waals surface area contributed by atoms with Crippen LogP contribution in [0.2, 0.25) is 5.02 Å². The summed E-state index contributed by atoms with van der Waals surface area (Å²) in [5, 5.41) is 13.5. The van der Waals surface area contributed by atoms with Crippen molar-refractivity contribution in [1.29, 1.82) is 0 Å². The van der Waals surface area contributed by atoms with E-state index in [9.17, 15) is 23.3 Å². The van der Waals surface area contributed by atoms with E-state index >= 15 is 0 Å². The molecule has 61 heavy (non-hydrogen) atoms. The lowest BCUT2D eigenvalue weighted by Crippen LogP contribution is -2.47. The summed E-state index contributed by atoms with van der Waals surface area (Å²) in [5.74, 6) is -0.395. The number of halogens is 1. The molecule has 4 heterocycles. The molecular weight excluding hydrogens is 820 g/mol. The van der Waals surface area contributed by atoms with Crippen molar-refractivity contribution >= 4 is 55.5 Å². The normalized spacial score (nSPS) is 17.7. The molecule has 2 fully saturated rings. The number of hydrogen-bond acceptors (Lipinski definition) is 11. The van der Waals surface area contributed by atoms with Gasteiger partial charge in [-0.3, -0.25) is 19.8 Å². The molecule has 5 aromatic rings. The van der Waals surface area contributed by atoms with E-state index in [-0.39, 0.29) is 35.0 Å². The summed E-state index contributed by atoms with van der Waals surface area (Å²) in [6.45, 7) is 10.0. The first-order chi connectivity index (χ1) is 29.3. The molecule has 0 saturated carbocycles. The highest BCUT2D eigenvalue weighted by Gasteiger charge is 2.31. The number of rotatable bonds is 13. The minimum Gasteiger partial charge on any atom is -0.487 e. The van der Waals surface area contributed by atoms with Crippen LogP contribution in [-0.2, 0) is 14.8 Å². The second-order valence-electron chi connectivity index (χ2n) is 16.8. The highest BCUT2D eigenvalue weighted by atomic mass is 35.5. The summed E-state index contributed by atoms with van der Waals surface area (Å²) in [7, 11) is -4.58. The molecule has 3 aromatic carbocycles. The van der Waals surface area contributed by atoms with E-state index in [0.717, 1.165) is 87.0 Å². The maximum Gasteiger partial charge on any atom is 0.312 e. The second-order valence-corrected chi connectivity index (χ2v) is 18.9. The molecule has 3 aliphatic rings. The van der Waals surface area contributed by atoms with Gasteiger partial charge in [0.2, 0.25) is 0 Å². The summed E-state index contributed by atoms with van der Waals surface area (Å²) in [4.78, 5) is 36.9. The number of H-pyrrole nitrogens is 1. The van der Waals surface area contributed by atoms with Crippen LogP contribution in [0.4, 0.5) is 11.4 Å². The largest absolute Gasteiger partial charge is 0.487 e. The Hall–Kier alpha value is -5.48. The first-order valence-electron chi connectivity index (χ1n) is 20.6. The van der Waals surface area contributed by atoms with Crippen molar-refractivity contribution in [2.75, 3.05) is 57.4 Å². The maximum atomic E-state index is 13.9. The number of nitro groups is 1. The van der Waals surface area contributed by atoms with Gasteiger partial charge in [-0.05, 0) is 103 Å². The molecule has 8 rings (SSSR count). The van der Waals surface area contributed by atoms with Gasteiger partial charge in [-0.1, -0.05) is 43.2 Å². The van der Waals surface area contributed by atoms with E-state index in [2.05, 4.69) is 50.5 Å². The van der Waals surface area contributed by atoms with Crippen molar-refractivity contribution in [1.82, 2.24) is 19.6 Å². The van der Waals surface area contributed by atoms with Crippen LogP contribution in [0.15, 0.2) is 95.7 Å². The highest BCUT2D eigenvalue weighted by Crippen LogP contribution is 2.43. The summed E-state index contributed by atoms with van der Waals surface area (Å²) in [6, 6.07) is 20.1. The average Bonchev–Trinajstić information content (AvgIpc) is 3.72. The molecule has 2 N–H and O–H groups in total. The fourth-order valence-corrected chi connectivity index (χ4v) is 9.38. The zero-order valence-electron chi connectivity index (χ0n) is 34.2. The Morgan fingerprint density at radius 2 is 1.79 bits per heavy atom. The van der Waals surface area contributed by atoms with Gasteiger partial charge in [0.05, 0.1) is 28.2 Å². The van der Waals surface area contributed by atoms with Crippen LogP contribution in [0.25, 0.3) is 16.6 Å². The number of aromatic nitrogens is 2. The number of sulfonamides is 1. The molecule has 0 atom stereocenters. The first kappa shape index (κ1) is 42.2. The van der Waals surface area contributed by atoms with Crippen molar-refractivity contribution in [3.8, 4) is 17.2 Å². The van der Waals surface area contributed by atoms with Crippen LogP contribution in [0, 0.1) is 21.4 Å². The Labute approximate surface area is 360 Å². The minimum absolute atomic E-state index is 0.0482. The van der Waals surface area contributed by atoms with Gasteiger partial charge in [-0.15, -0.1) is 0 Å². The van der Waals surface area contributed by atoms with Gasteiger partial charge in [0.25, 0.3) is 15.9 Å². The van der Waals surface area contributed by atoms with E-state index in [0.29, 0.717) is 24.6 Å². The minimum atomic E-state index is -4.58. The standard InChI is InChI=1S/C45H49ClN6O8S/c1-45(2)15-11-33(39(26-45)31-3-5-34(46)6-4-31)28-50-17-19-51(20-18-50)35-7-9-38(42(24-35)60-36-23-32-12-16-47-43(32)48-27-36)44(53)49-61(56,57)37-8-10-41(40(25-37)52(54)55)59-29-30-13-21-58-22-14-30/h3-10,12,16,23-25,27,30H,11,13-15,17-22,26,28-29H2,1-2H3,(H,47,48)(H,49,53). The Bertz CT molecular complexity index is 2560. The smallest absolute Gasteiger partial charge is 0.312 e. The summed E-state index contributed by atoms with van der Waals surface area (Å²) in [5.41, 5.74) is 5.21. The van der Waals surface area contributed by atoms with Crippen LogP contribution in [-0.4, -0.2) is 86.7 Å². The number of carbonyl (C=O) groups excluding carboxylic acids is 1. The van der Waals surface area contributed by atoms with Crippen molar-refractivity contribution in [3.05, 3.63) is 117 Å². The molecule has 1 amide bonds. The number of ether oxygens (including phenoxy) is 3. The number of nitrogens with zero attached hydrogens (tertiary/aromatic N) is 4. The molecule has 0 radical (unpaired) electrons. The lowest BCUT2D eigenvalue weighted by atomic mass is 9.72. The van der Waals surface area contributed by atoms with Gasteiger partial charge in [0.1, 0.15) is 17.1 Å². The van der Waals surface area contributed by atoms with E-state index in [1.807, 2.05) is 18.2 Å². The van der Waals surface area contributed by atoms with Gasteiger partial charge in [0, 0.05) is 80.4 Å². The topological polar surface area (TPSA) is 169 Å². The first-order valence-corrected chi connectivity index (χ1v) is 22.4. The number of carbonyl (C=O) groups is 1. The van der Waals surface area contributed by atoms with Gasteiger partial charge in [0.15, 0.2) is 5.75 Å². The van der Waals surface area contributed by atoms with Crippen molar-refractivity contribution in [3.63, 3.8) is 0 Å². The lowest BCUT2D eigenvalue weighted by Gasteiger charge is -2.39. The molecule has 0 unspecified atom stereocenters. The zero-order valence-corrected chi connectivity index (χ0v) is 35.8. The fraction of sp³-hybridized carbons (Fsp3) is 0.378. The molecular formula is C45H49ClN6O8S. The number of hydrogen-bond donors (Lipinski definition) is 2. The van der Waals surface area contributed by atoms with Crippen LogP contribution in [0.1, 0.15) is 61.9 Å². The summed E-state index contributed by atoms with van der Waals surface area (Å²) in [6.07, 6.45) is 7.99. The second kappa shape index (κ2) is 17.9. The van der Waals surface area contributed by atoms with Crippen LogP contribution >= 0.6 is 11.6 Å². The van der Waals surface area contributed by atoms with Crippen LogP contribution in [0.3, 0.4) is 0 Å². The van der Waals surface area contributed by atoms with Gasteiger partial charge >= 0.3 is 5.69 Å². The number of piperazine rings is 1. The third kappa shape index (κ3) is 10.0. The number of pyridine rings is 1. The number of nitrogens with one attached hydrogen (secondary N) is 2. The van der Waals surface area contributed by atoms with E-state index in [1.54, 1.807) is 24.4 Å². The SMILES string of the molecule is CC1(C)CCC(CN2CCN(c3ccc(C(=O)NS(=O)(=O)c4ccc(OCC5CCOCC5)c([N+](=O)[O-])c4)c(Oc4cnc5[nH]ccc5c4)c3)CC2)=C(c2ccc(Cl)cc2)C1. The monoisotopic (exact) mass is 868 g/mol. The third-order valence-electron chi connectivity index (χ3n) is 11.8. The predicted molar refractivity (Wildman–Crippen MR) is 234 cm³/mol. The highest BCUT2D eigenvalue weighted by molar-refractivity contribution is 7.90. The molecule has 2 aliphatic heterocycles. The summed E-state index contributed by atoms with van der Waals surface area (Å²) < 4.78 is 46.8. The Balaban J connectivity index is 1.00. The van der Waals surface area contributed by atoms with E-state index in [1.165, 1.54) is 41.1 Å². The number of benzene rings is 3. The van der Waals surface area contributed by atoms with Crippen molar-refractivity contribution in [2.45, 2.75) is 50.8 Å². The number of fused-ring (bicyclic) bond motifs is 1. The zero-order chi connectivity index (χ0) is 42.7. The fourth-order valence-electron chi connectivity index (χ4n) is 8.27. The van der Waals surface area contributed by atoms with E-state index in [4.69, 9.17) is 25.8 Å². The number of nitro benzene ring substituents is 1.